The molecule has 0 aromatic heterocycles. The lowest BCUT2D eigenvalue weighted by molar-refractivity contribution is -0.385. The number of halogens is 1. The molecule has 23 heavy (non-hydrogen) atoms. The Hall–Kier alpha value is -1.77. The Morgan fingerprint density at radius 1 is 1.22 bits per heavy atom. The number of nitro benzene ring substituents is 1. The van der Waals surface area contributed by atoms with Gasteiger partial charge in [0, 0.05) is 29.7 Å². The summed E-state index contributed by atoms with van der Waals surface area (Å²) >= 11 is 3.38. The molecule has 0 bridgehead atoms. The number of aryl methyl sites for hydroxylation is 1. The second-order valence-electron chi connectivity index (χ2n) is 5.06. The summed E-state index contributed by atoms with van der Waals surface area (Å²) in [6, 6.07) is 11.2. The number of nitrogens with zero attached hydrogens (tertiary/aromatic N) is 2. The maximum atomic E-state index is 12.6. The van der Waals surface area contributed by atoms with Gasteiger partial charge in [-0.3, -0.25) is 10.1 Å². The van der Waals surface area contributed by atoms with E-state index < -0.39 is 14.9 Å². The topological polar surface area (TPSA) is 80.5 Å². The van der Waals surface area contributed by atoms with E-state index in [-0.39, 0.29) is 17.1 Å². The second-order valence-corrected chi connectivity index (χ2v) is 7.96. The monoisotopic (exact) mass is 398 g/mol. The molecule has 2 rings (SSSR count). The van der Waals surface area contributed by atoms with Crippen LogP contribution in [0.25, 0.3) is 0 Å². The highest BCUT2D eigenvalue weighted by molar-refractivity contribution is 9.10. The highest BCUT2D eigenvalue weighted by atomic mass is 79.9. The van der Waals surface area contributed by atoms with Crippen LogP contribution in [0.4, 0.5) is 5.69 Å². The Labute approximate surface area is 143 Å². The van der Waals surface area contributed by atoms with Crippen LogP contribution in [0.15, 0.2) is 51.8 Å². The molecule has 0 fully saturated rings. The first kappa shape index (κ1) is 17.6. The summed E-state index contributed by atoms with van der Waals surface area (Å²) in [4.78, 5) is 10.3. The summed E-state index contributed by atoms with van der Waals surface area (Å²) < 4.78 is 27.2. The molecule has 0 heterocycles. The van der Waals surface area contributed by atoms with Crippen molar-refractivity contribution in [2.45, 2.75) is 18.4 Å². The molecule has 0 atom stereocenters. The molecule has 0 N–H and O–H groups in total. The van der Waals surface area contributed by atoms with Crippen LogP contribution in [0.1, 0.15) is 11.1 Å². The Morgan fingerprint density at radius 3 is 2.48 bits per heavy atom. The Kier molecular flexibility index (Phi) is 5.18. The predicted octanol–water partition coefficient (Wildman–Crippen LogP) is 3.49. The lowest BCUT2D eigenvalue weighted by atomic mass is 10.2. The number of nitro groups is 1. The van der Waals surface area contributed by atoms with E-state index in [1.807, 2.05) is 24.3 Å². The molecular weight excluding hydrogens is 384 g/mol. The Morgan fingerprint density at radius 2 is 1.87 bits per heavy atom. The number of hydrogen-bond acceptors (Lipinski definition) is 4. The molecule has 0 aliphatic carbocycles. The molecule has 2 aromatic rings. The predicted molar refractivity (Wildman–Crippen MR) is 90.6 cm³/mol. The quantitative estimate of drug-likeness (QED) is 0.570. The average molecular weight is 399 g/mol. The van der Waals surface area contributed by atoms with Crippen molar-refractivity contribution in [2.24, 2.45) is 0 Å². The van der Waals surface area contributed by atoms with Crippen LogP contribution >= 0.6 is 15.9 Å². The fourth-order valence-corrected chi connectivity index (χ4v) is 3.66. The van der Waals surface area contributed by atoms with E-state index in [1.165, 1.54) is 23.5 Å². The third-order valence-electron chi connectivity index (χ3n) is 3.44. The molecule has 0 saturated carbocycles. The maximum Gasteiger partial charge on any atom is 0.273 e. The molecule has 2 aromatic carbocycles. The van der Waals surface area contributed by atoms with Gasteiger partial charge in [-0.2, -0.15) is 4.31 Å². The molecular formula is C15H15BrN2O4S. The Balaban J connectivity index is 2.36. The Bertz CT molecular complexity index is 852. The van der Waals surface area contributed by atoms with Gasteiger partial charge in [0.05, 0.1) is 9.82 Å². The van der Waals surface area contributed by atoms with Crippen molar-refractivity contribution in [1.82, 2.24) is 4.31 Å². The number of rotatable bonds is 5. The molecule has 6 nitrogen and oxygen atoms in total. The van der Waals surface area contributed by atoms with Gasteiger partial charge in [-0.25, -0.2) is 8.42 Å². The molecule has 0 radical (unpaired) electrons. The van der Waals surface area contributed by atoms with Crippen molar-refractivity contribution >= 4 is 31.6 Å². The average Bonchev–Trinajstić information content (AvgIpc) is 2.49. The summed E-state index contributed by atoms with van der Waals surface area (Å²) in [7, 11) is -2.37. The van der Waals surface area contributed by atoms with E-state index in [0.717, 1.165) is 16.1 Å². The zero-order valence-corrected chi connectivity index (χ0v) is 15.0. The highest BCUT2D eigenvalue weighted by Gasteiger charge is 2.24. The number of sulfonamides is 1. The molecule has 0 unspecified atom stereocenters. The van der Waals surface area contributed by atoms with E-state index in [4.69, 9.17) is 0 Å². The lowest BCUT2D eigenvalue weighted by Gasteiger charge is -2.18. The molecule has 8 heteroatoms. The van der Waals surface area contributed by atoms with Gasteiger partial charge in [0.25, 0.3) is 5.69 Å². The van der Waals surface area contributed by atoms with Crippen molar-refractivity contribution in [3.8, 4) is 0 Å². The standard InChI is InChI=1S/C15H15BrN2O4S/c1-11-7-8-13(9-15(11)18(19)20)23(21,22)17(2)10-12-5-3-4-6-14(12)16/h3-9H,10H2,1-2H3. The summed E-state index contributed by atoms with van der Waals surface area (Å²) in [6.45, 7) is 1.73. The SMILES string of the molecule is Cc1ccc(S(=O)(=O)N(C)Cc2ccccc2Br)cc1[N+](=O)[O-]. The largest absolute Gasteiger partial charge is 0.273 e. The summed E-state index contributed by atoms with van der Waals surface area (Å²) in [5, 5.41) is 11.0. The van der Waals surface area contributed by atoms with Gasteiger partial charge in [-0.15, -0.1) is 0 Å². The fraction of sp³-hybridized carbons (Fsp3) is 0.200. The first-order chi connectivity index (χ1) is 10.7. The smallest absolute Gasteiger partial charge is 0.258 e. The van der Waals surface area contributed by atoms with E-state index >= 15 is 0 Å². The first-order valence-corrected chi connectivity index (χ1v) is 8.91. The van der Waals surface area contributed by atoms with Gasteiger partial charge >= 0.3 is 0 Å². The van der Waals surface area contributed by atoms with E-state index in [1.54, 1.807) is 6.92 Å². The fourth-order valence-electron chi connectivity index (χ4n) is 2.08. The third-order valence-corrected chi connectivity index (χ3v) is 6.01. The van der Waals surface area contributed by atoms with Crippen LogP contribution in [-0.2, 0) is 16.6 Å². The van der Waals surface area contributed by atoms with Crippen molar-refractivity contribution in [3.63, 3.8) is 0 Å². The van der Waals surface area contributed by atoms with Gasteiger partial charge in [-0.1, -0.05) is 40.2 Å². The maximum absolute atomic E-state index is 12.6. The molecule has 0 aliphatic heterocycles. The van der Waals surface area contributed by atoms with Crippen molar-refractivity contribution < 1.29 is 13.3 Å². The summed E-state index contributed by atoms with van der Waals surface area (Å²) in [5.41, 5.74) is 1.02. The van der Waals surface area contributed by atoms with Crippen LogP contribution in [0.5, 0.6) is 0 Å². The van der Waals surface area contributed by atoms with Crippen LogP contribution < -0.4 is 0 Å². The summed E-state index contributed by atoms with van der Waals surface area (Å²) in [5.74, 6) is 0. The molecule has 0 saturated heterocycles. The van der Waals surface area contributed by atoms with Crippen LogP contribution in [0, 0.1) is 17.0 Å². The van der Waals surface area contributed by atoms with Gasteiger partial charge in [0.15, 0.2) is 0 Å². The normalized spacial score (nSPS) is 11.7. The van der Waals surface area contributed by atoms with Crippen molar-refractivity contribution in [1.29, 1.82) is 0 Å². The number of hydrogen-bond donors (Lipinski definition) is 0. The van der Waals surface area contributed by atoms with Crippen molar-refractivity contribution in [2.75, 3.05) is 7.05 Å². The molecule has 0 spiro atoms. The van der Waals surface area contributed by atoms with Gasteiger partial charge < -0.3 is 0 Å². The molecule has 0 amide bonds. The van der Waals surface area contributed by atoms with Crippen molar-refractivity contribution in [3.05, 3.63) is 68.2 Å². The van der Waals surface area contributed by atoms with E-state index in [9.17, 15) is 18.5 Å². The second kappa shape index (κ2) is 6.77. The first-order valence-electron chi connectivity index (χ1n) is 6.68. The number of benzene rings is 2. The minimum absolute atomic E-state index is 0.0932. The minimum atomic E-state index is -3.82. The zero-order valence-electron chi connectivity index (χ0n) is 12.6. The summed E-state index contributed by atoms with van der Waals surface area (Å²) in [6.07, 6.45) is 0. The molecule has 0 aliphatic rings. The van der Waals surface area contributed by atoms with E-state index in [2.05, 4.69) is 15.9 Å². The van der Waals surface area contributed by atoms with Gasteiger partial charge in [0.1, 0.15) is 0 Å². The van der Waals surface area contributed by atoms with Gasteiger partial charge in [0.2, 0.25) is 10.0 Å². The van der Waals surface area contributed by atoms with Crippen LogP contribution in [0.3, 0.4) is 0 Å². The third kappa shape index (κ3) is 3.77. The highest BCUT2D eigenvalue weighted by Crippen LogP contribution is 2.26. The minimum Gasteiger partial charge on any atom is -0.258 e. The van der Waals surface area contributed by atoms with E-state index in [0.29, 0.717) is 5.56 Å². The zero-order chi connectivity index (χ0) is 17.2. The van der Waals surface area contributed by atoms with Crippen LogP contribution in [-0.4, -0.2) is 24.7 Å². The molecule has 122 valence electrons. The lowest BCUT2D eigenvalue weighted by Crippen LogP contribution is -2.26. The van der Waals surface area contributed by atoms with Gasteiger partial charge in [-0.05, 0) is 24.6 Å². The van der Waals surface area contributed by atoms with Crippen LogP contribution in [0.2, 0.25) is 0 Å².